The summed E-state index contributed by atoms with van der Waals surface area (Å²) < 4.78 is 41.7. The monoisotopic (exact) mass is 807 g/mol. The van der Waals surface area contributed by atoms with Crippen molar-refractivity contribution < 1.29 is 32.6 Å². The number of piperidine rings is 3. The number of thioether (sulfide) groups is 1. The third kappa shape index (κ3) is 9.55. The Hall–Kier alpha value is -4.28. The summed E-state index contributed by atoms with van der Waals surface area (Å²) in [6, 6.07) is 7.70. The third-order valence-electron chi connectivity index (χ3n) is 12.2. The summed E-state index contributed by atoms with van der Waals surface area (Å²) in [4.78, 5) is 63.2. The number of aromatic nitrogens is 2. The van der Waals surface area contributed by atoms with Gasteiger partial charge in [0.2, 0.25) is 17.7 Å². The zero-order valence-corrected chi connectivity index (χ0v) is 32.9. The number of carbonyl (C=O) groups excluding carboxylic acids is 3. The van der Waals surface area contributed by atoms with Crippen molar-refractivity contribution in [1.82, 2.24) is 25.1 Å². The Morgan fingerprint density at radius 2 is 1.70 bits per heavy atom. The van der Waals surface area contributed by atoms with Crippen LogP contribution in [0.4, 0.5) is 20.2 Å². The van der Waals surface area contributed by atoms with Gasteiger partial charge in [0.1, 0.15) is 34.6 Å². The van der Waals surface area contributed by atoms with Gasteiger partial charge in [-0.3, -0.25) is 29.4 Å². The van der Waals surface area contributed by atoms with Crippen LogP contribution >= 0.6 is 11.8 Å². The number of nitrogens with one attached hydrogen (secondary N) is 3. The van der Waals surface area contributed by atoms with E-state index in [1.165, 1.54) is 12.1 Å². The standard InChI is InChI=1S/C41H51F2N7O6S/c42-31-18-27(44-33-2-4-37(51)47-40(33)53)1-3-35(31)48-13-7-28(8-14-48)50-21-26(22-50)17-38(52)49-11-5-25(6-12-49)23-56-29-19-32(43)39-34(20-29)45-36(46-41(39)54)24-57-30-9-15-55-16-10-30/h1,3,18-20,25-26,28,30,33,44H,2,4-17,21-24H2,(H,45,46,54)(H,47,51,53). The molecule has 1 unspecified atom stereocenters. The fraction of sp³-hybridized carbons (Fsp3) is 0.585. The second-order valence-corrected chi connectivity index (χ2v) is 17.4. The maximum Gasteiger partial charge on any atom is 0.261 e. The quantitative estimate of drug-likeness (QED) is 0.223. The molecule has 8 rings (SSSR count). The number of hydrogen-bond donors (Lipinski definition) is 3. The molecule has 3 N–H and O–H groups in total. The lowest BCUT2D eigenvalue weighted by atomic mass is 9.90. The van der Waals surface area contributed by atoms with Gasteiger partial charge in [0.25, 0.3) is 5.56 Å². The van der Waals surface area contributed by atoms with Gasteiger partial charge < -0.3 is 29.6 Å². The number of ether oxygens (including phenoxy) is 2. The summed E-state index contributed by atoms with van der Waals surface area (Å²) in [5.41, 5.74) is 0.864. The molecule has 5 saturated heterocycles. The number of fused-ring (bicyclic) bond motifs is 1. The number of hydrogen-bond acceptors (Lipinski definition) is 11. The molecule has 0 aliphatic carbocycles. The molecule has 16 heteroatoms. The van der Waals surface area contributed by atoms with Gasteiger partial charge in [0.15, 0.2) is 0 Å². The molecule has 0 saturated carbocycles. The van der Waals surface area contributed by atoms with Crippen molar-refractivity contribution in [3.8, 4) is 5.75 Å². The first-order chi connectivity index (χ1) is 27.6. The molecule has 0 spiro atoms. The van der Waals surface area contributed by atoms with Gasteiger partial charge in [-0.25, -0.2) is 13.8 Å². The fourth-order valence-corrected chi connectivity index (χ4v) is 9.83. The molecule has 5 fully saturated rings. The van der Waals surface area contributed by atoms with E-state index in [2.05, 4.69) is 30.4 Å². The number of rotatable bonds is 12. The number of likely N-dealkylation sites (tertiary alicyclic amines) is 2. The van der Waals surface area contributed by atoms with Crippen LogP contribution in [0.15, 0.2) is 35.1 Å². The van der Waals surface area contributed by atoms with E-state index in [9.17, 15) is 19.2 Å². The van der Waals surface area contributed by atoms with Crippen molar-refractivity contribution in [2.24, 2.45) is 11.8 Å². The molecule has 3 aromatic rings. The normalized spacial score (nSPS) is 22.1. The number of anilines is 2. The molecular weight excluding hydrogens is 757 g/mol. The Kier molecular flexibility index (Phi) is 12.3. The van der Waals surface area contributed by atoms with Gasteiger partial charge in [0, 0.05) is 94.4 Å². The molecule has 1 aromatic heterocycles. The Balaban J connectivity index is 0.736. The molecule has 0 bridgehead atoms. The Morgan fingerprint density at radius 1 is 0.930 bits per heavy atom. The molecule has 13 nitrogen and oxygen atoms in total. The Morgan fingerprint density at radius 3 is 2.44 bits per heavy atom. The highest BCUT2D eigenvalue weighted by molar-refractivity contribution is 7.99. The second-order valence-electron chi connectivity index (χ2n) is 16.1. The van der Waals surface area contributed by atoms with Gasteiger partial charge in [-0.1, -0.05) is 0 Å². The number of amides is 3. The maximum atomic E-state index is 15.2. The first-order valence-electron chi connectivity index (χ1n) is 20.4. The molecule has 6 heterocycles. The summed E-state index contributed by atoms with van der Waals surface area (Å²) in [7, 11) is 0. The van der Waals surface area contributed by atoms with E-state index in [0.717, 1.165) is 77.9 Å². The second kappa shape index (κ2) is 17.7. The molecule has 5 aliphatic rings. The van der Waals surface area contributed by atoms with Crippen LogP contribution in [0.1, 0.15) is 63.6 Å². The van der Waals surface area contributed by atoms with Crippen molar-refractivity contribution >= 4 is 51.8 Å². The number of benzene rings is 2. The molecule has 0 radical (unpaired) electrons. The Bertz CT molecular complexity index is 2010. The minimum atomic E-state index is -0.652. The zero-order valence-electron chi connectivity index (χ0n) is 32.1. The van der Waals surface area contributed by atoms with Crippen LogP contribution in [0.2, 0.25) is 0 Å². The number of aromatic amines is 1. The highest BCUT2D eigenvalue weighted by Gasteiger charge is 2.37. The lowest BCUT2D eigenvalue weighted by Gasteiger charge is -2.48. The topological polar surface area (TPSA) is 149 Å². The molecule has 306 valence electrons. The number of H-pyrrole nitrogens is 1. The fourth-order valence-electron chi connectivity index (χ4n) is 8.77. The van der Waals surface area contributed by atoms with E-state index in [0.29, 0.717) is 78.4 Å². The molecule has 5 aliphatic heterocycles. The predicted octanol–water partition coefficient (Wildman–Crippen LogP) is 4.44. The van der Waals surface area contributed by atoms with Gasteiger partial charge in [-0.05, 0) is 75.0 Å². The highest BCUT2D eigenvalue weighted by Crippen LogP contribution is 2.32. The molecule has 3 amide bonds. The van der Waals surface area contributed by atoms with Crippen molar-refractivity contribution in [3.63, 3.8) is 0 Å². The first kappa shape index (κ1) is 39.5. The van der Waals surface area contributed by atoms with Gasteiger partial charge in [-0.2, -0.15) is 11.8 Å². The summed E-state index contributed by atoms with van der Waals surface area (Å²) in [6.07, 6.45) is 6.56. The van der Waals surface area contributed by atoms with Crippen molar-refractivity contribution in [2.45, 2.75) is 80.9 Å². The van der Waals surface area contributed by atoms with Crippen LogP contribution in [0.3, 0.4) is 0 Å². The molecular formula is C41H51F2N7O6S. The maximum absolute atomic E-state index is 15.2. The average molecular weight is 808 g/mol. The largest absolute Gasteiger partial charge is 0.493 e. The van der Waals surface area contributed by atoms with Crippen LogP contribution in [-0.4, -0.2) is 114 Å². The van der Waals surface area contributed by atoms with E-state index in [1.807, 2.05) is 4.90 Å². The van der Waals surface area contributed by atoms with E-state index < -0.39 is 17.4 Å². The van der Waals surface area contributed by atoms with Crippen LogP contribution in [0, 0.1) is 23.5 Å². The number of carbonyl (C=O) groups is 3. The van der Waals surface area contributed by atoms with Crippen molar-refractivity contribution in [2.75, 3.05) is 69.3 Å². The first-order valence-corrected chi connectivity index (χ1v) is 21.4. The van der Waals surface area contributed by atoms with Crippen LogP contribution in [-0.2, 0) is 24.9 Å². The highest BCUT2D eigenvalue weighted by atomic mass is 32.2. The molecule has 2 aromatic carbocycles. The summed E-state index contributed by atoms with van der Waals surface area (Å²) >= 11 is 1.73. The van der Waals surface area contributed by atoms with Gasteiger partial charge in [0.05, 0.1) is 23.6 Å². The zero-order chi connectivity index (χ0) is 39.5. The number of halogens is 2. The number of imide groups is 1. The van der Waals surface area contributed by atoms with Crippen LogP contribution in [0.5, 0.6) is 5.75 Å². The Labute approximate surface area is 334 Å². The third-order valence-corrected chi connectivity index (χ3v) is 13.5. The number of nitrogens with zero attached hydrogens (tertiary/aromatic N) is 4. The van der Waals surface area contributed by atoms with Crippen LogP contribution < -0.4 is 25.8 Å². The lowest BCUT2D eigenvalue weighted by Crippen LogP contribution is -2.56. The lowest BCUT2D eigenvalue weighted by molar-refractivity contribution is -0.136. The minimum absolute atomic E-state index is 0.0621. The summed E-state index contributed by atoms with van der Waals surface area (Å²) in [5, 5.41) is 5.74. The molecule has 1 atom stereocenters. The molecule has 57 heavy (non-hydrogen) atoms. The van der Waals surface area contributed by atoms with E-state index >= 15 is 8.78 Å². The van der Waals surface area contributed by atoms with Gasteiger partial charge in [-0.15, -0.1) is 0 Å². The van der Waals surface area contributed by atoms with E-state index in [1.54, 1.807) is 30.0 Å². The minimum Gasteiger partial charge on any atom is -0.493 e. The average Bonchev–Trinajstić information content (AvgIpc) is 3.19. The van der Waals surface area contributed by atoms with E-state index in [4.69, 9.17) is 9.47 Å². The SMILES string of the molecule is O=C1CCC(Nc2ccc(N3CCC(N4CC(CC(=O)N5CCC(COc6cc(F)c7c(=O)[nH]c(CSC8CCOCC8)nc7c6)CC5)C4)CC3)c(F)c2)C(=O)N1. The summed E-state index contributed by atoms with van der Waals surface area (Å²) in [5.74, 6) is 0.505. The van der Waals surface area contributed by atoms with Crippen LogP contribution in [0.25, 0.3) is 10.9 Å². The van der Waals surface area contributed by atoms with Gasteiger partial charge >= 0.3 is 0 Å². The smallest absolute Gasteiger partial charge is 0.261 e. The summed E-state index contributed by atoms with van der Waals surface area (Å²) in [6.45, 7) is 6.50. The van der Waals surface area contributed by atoms with Crippen molar-refractivity contribution in [1.29, 1.82) is 0 Å². The van der Waals surface area contributed by atoms with Crippen molar-refractivity contribution in [3.05, 3.63) is 58.1 Å². The predicted molar refractivity (Wildman–Crippen MR) is 213 cm³/mol. The van der Waals surface area contributed by atoms with E-state index in [-0.39, 0.29) is 46.8 Å².